The number of carbonyl (C=O) groups excluding carboxylic acids is 1. The van der Waals surface area contributed by atoms with E-state index >= 15 is 0 Å². The van der Waals surface area contributed by atoms with Crippen LogP contribution >= 0.6 is 0 Å². The lowest BCUT2D eigenvalue weighted by atomic mass is 10.1. The van der Waals surface area contributed by atoms with E-state index in [1.807, 2.05) is 48.5 Å². The van der Waals surface area contributed by atoms with Crippen LogP contribution in [0.5, 0.6) is 5.75 Å². The average Bonchev–Trinajstić information content (AvgIpc) is 3.12. The van der Waals surface area contributed by atoms with Crippen molar-refractivity contribution in [1.82, 2.24) is 4.57 Å². The zero-order valence-corrected chi connectivity index (χ0v) is 16.2. The van der Waals surface area contributed by atoms with Gasteiger partial charge in [0.2, 0.25) is 0 Å². The van der Waals surface area contributed by atoms with Crippen LogP contribution in [0.4, 0.5) is 4.39 Å². The zero-order valence-electron chi connectivity index (χ0n) is 16.2. The van der Waals surface area contributed by atoms with Crippen LogP contribution in [0.3, 0.4) is 0 Å². The van der Waals surface area contributed by atoms with Crippen molar-refractivity contribution in [2.45, 2.75) is 6.54 Å². The third kappa shape index (κ3) is 3.59. The minimum Gasteiger partial charge on any atom is -0.497 e. The maximum absolute atomic E-state index is 14.0. The number of rotatable bonds is 5. The molecule has 0 aliphatic carbocycles. The number of benzene rings is 3. The highest BCUT2D eigenvalue weighted by atomic mass is 19.1. The van der Waals surface area contributed by atoms with Gasteiger partial charge in [-0.1, -0.05) is 36.4 Å². The first-order valence-electron chi connectivity index (χ1n) is 9.20. The van der Waals surface area contributed by atoms with E-state index in [4.69, 9.17) is 9.47 Å². The molecule has 1 heterocycles. The topological polar surface area (TPSA) is 40.5 Å². The van der Waals surface area contributed by atoms with Gasteiger partial charge in [0.1, 0.15) is 11.6 Å². The summed E-state index contributed by atoms with van der Waals surface area (Å²) in [4.78, 5) is 11.9. The molecule has 4 aromatic rings. The van der Waals surface area contributed by atoms with Crippen molar-refractivity contribution in [3.63, 3.8) is 0 Å². The summed E-state index contributed by atoms with van der Waals surface area (Å²) in [5, 5.41) is 1.04. The van der Waals surface area contributed by atoms with Gasteiger partial charge in [0.25, 0.3) is 0 Å². The number of fused-ring (bicyclic) bond motifs is 1. The number of hydrogen-bond donors (Lipinski definition) is 0. The van der Waals surface area contributed by atoms with Crippen molar-refractivity contribution in [1.29, 1.82) is 0 Å². The Bertz CT molecular complexity index is 1180. The molecule has 0 N–H and O–H groups in total. The molecule has 1 aromatic heterocycles. The molecule has 3 aromatic carbocycles. The van der Waals surface area contributed by atoms with Crippen molar-refractivity contribution in [2.75, 3.05) is 14.2 Å². The largest absolute Gasteiger partial charge is 0.497 e. The lowest BCUT2D eigenvalue weighted by molar-refractivity contribution is 0.0595. The normalized spacial score (nSPS) is 10.9. The van der Waals surface area contributed by atoms with E-state index in [0.29, 0.717) is 6.54 Å². The smallest absolute Gasteiger partial charge is 0.340 e. The molecule has 4 nitrogen and oxygen atoms in total. The summed E-state index contributed by atoms with van der Waals surface area (Å²) in [5.41, 5.74) is 3.85. The molecule has 0 saturated heterocycles. The summed E-state index contributed by atoms with van der Waals surface area (Å²) < 4.78 is 26.3. The van der Waals surface area contributed by atoms with Crippen molar-refractivity contribution in [2.24, 2.45) is 0 Å². The number of methoxy groups -OCH3 is 2. The summed E-state index contributed by atoms with van der Waals surface area (Å²) in [6.45, 7) is 0.477. The van der Waals surface area contributed by atoms with Crippen LogP contribution in [-0.4, -0.2) is 24.8 Å². The van der Waals surface area contributed by atoms with Crippen molar-refractivity contribution >= 4 is 16.9 Å². The Morgan fingerprint density at radius 2 is 1.76 bits per heavy atom. The molecule has 0 saturated carbocycles. The molecule has 4 rings (SSSR count). The van der Waals surface area contributed by atoms with Gasteiger partial charge in [0, 0.05) is 23.1 Å². The van der Waals surface area contributed by atoms with E-state index in [-0.39, 0.29) is 5.56 Å². The number of nitrogens with zero attached hydrogens (tertiary/aromatic N) is 1. The van der Waals surface area contributed by atoms with E-state index in [2.05, 4.69) is 10.6 Å². The number of ether oxygens (including phenoxy) is 2. The predicted octanol–water partition coefficient (Wildman–Crippen LogP) is 5.29. The third-order valence-electron chi connectivity index (χ3n) is 4.95. The molecule has 146 valence electrons. The van der Waals surface area contributed by atoms with Gasteiger partial charge in [0.05, 0.1) is 19.8 Å². The van der Waals surface area contributed by atoms with Gasteiger partial charge in [-0.05, 0) is 47.5 Å². The maximum atomic E-state index is 14.0. The Morgan fingerprint density at radius 1 is 0.966 bits per heavy atom. The van der Waals surface area contributed by atoms with E-state index in [0.717, 1.165) is 33.5 Å². The summed E-state index contributed by atoms with van der Waals surface area (Å²) in [6.07, 6.45) is 0. The molecule has 0 spiro atoms. The van der Waals surface area contributed by atoms with Crippen molar-refractivity contribution in [3.05, 3.63) is 89.7 Å². The van der Waals surface area contributed by atoms with Gasteiger partial charge in [-0.3, -0.25) is 0 Å². The molecule has 0 unspecified atom stereocenters. The second kappa shape index (κ2) is 7.80. The molecule has 5 heteroatoms. The van der Waals surface area contributed by atoms with Crippen LogP contribution in [0.2, 0.25) is 0 Å². The van der Waals surface area contributed by atoms with E-state index in [9.17, 15) is 9.18 Å². The standard InChI is InChI=1S/C24H20FNO3/c1-28-19-9-11-22-18(13-19)14-23(17-6-4-3-5-7-17)26(22)15-16-8-10-21(25)20(12-16)24(27)29-2/h3-14H,15H2,1-2H3. The molecule has 0 aliphatic rings. The number of esters is 1. The molecular weight excluding hydrogens is 369 g/mol. The highest BCUT2D eigenvalue weighted by molar-refractivity contribution is 5.90. The first kappa shape index (κ1) is 18.7. The first-order valence-corrected chi connectivity index (χ1v) is 9.20. The molecule has 29 heavy (non-hydrogen) atoms. The Kier molecular flexibility index (Phi) is 5.04. The lowest BCUT2D eigenvalue weighted by Crippen LogP contribution is -2.07. The summed E-state index contributed by atoms with van der Waals surface area (Å²) in [6, 6.07) is 22.6. The number of halogens is 1. The van der Waals surface area contributed by atoms with Gasteiger partial charge in [-0.25, -0.2) is 9.18 Å². The fourth-order valence-electron chi connectivity index (χ4n) is 3.51. The first-order chi connectivity index (χ1) is 14.1. The minimum atomic E-state index is -0.685. The molecule has 0 aliphatic heterocycles. The summed E-state index contributed by atoms with van der Waals surface area (Å²) >= 11 is 0. The molecule has 0 bridgehead atoms. The van der Waals surface area contributed by atoms with Gasteiger partial charge < -0.3 is 14.0 Å². The van der Waals surface area contributed by atoms with Gasteiger partial charge >= 0.3 is 5.97 Å². The monoisotopic (exact) mass is 389 g/mol. The Hall–Kier alpha value is -3.60. The van der Waals surface area contributed by atoms with Gasteiger partial charge in [-0.15, -0.1) is 0 Å². The summed E-state index contributed by atoms with van der Waals surface area (Å²) in [5.74, 6) is -0.496. The number of hydrogen-bond acceptors (Lipinski definition) is 3. The van der Waals surface area contributed by atoms with E-state index in [1.165, 1.54) is 13.2 Å². The number of aromatic nitrogens is 1. The predicted molar refractivity (Wildman–Crippen MR) is 111 cm³/mol. The third-order valence-corrected chi connectivity index (χ3v) is 4.95. The molecule has 0 fully saturated rings. The molecule has 0 radical (unpaired) electrons. The molecule has 0 atom stereocenters. The van der Waals surface area contributed by atoms with Crippen LogP contribution in [0, 0.1) is 5.82 Å². The van der Waals surface area contributed by atoms with Gasteiger partial charge in [0.15, 0.2) is 0 Å². The van der Waals surface area contributed by atoms with E-state index in [1.54, 1.807) is 19.2 Å². The average molecular weight is 389 g/mol. The number of carbonyl (C=O) groups is 1. The molecular formula is C24H20FNO3. The highest BCUT2D eigenvalue weighted by Crippen LogP contribution is 2.31. The Balaban J connectivity index is 1.85. The Labute approximate surface area is 168 Å². The van der Waals surface area contributed by atoms with Crippen LogP contribution < -0.4 is 4.74 Å². The highest BCUT2D eigenvalue weighted by Gasteiger charge is 2.16. The van der Waals surface area contributed by atoms with Crippen LogP contribution in [0.1, 0.15) is 15.9 Å². The van der Waals surface area contributed by atoms with E-state index < -0.39 is 11.8 Å². The van der Waals surface area contributed by atoms with Crippen LogP contribution in [0.25, 0.3) is 22.2 Å². The molecule has 0 amide bonds. The second-order valence-corrected chi connectivity index (χ2v) is 6.71. The quantitative estimate of drug-likeness (QED) is 0.436. The van der Waals surface area contributed by atoms with Crippen molar-refractivity contribution in [3.8, 4) is 17.0 Å². The maximum Gasteiger partial charge on any atom is 0.340 e. The van der Waals surface area contributed by atoms with Crippen LogP contribution in [-0.2, 0) is 11.3 Å². The zero-order chi connectivity index (χ0) is 20.4. The SMILES string of the molecule is COC(=O)c1cc(Cn2c(-c3ccccc3)cc3cc(OC)ccc32)ccc1F. The second-order valence-electron chi connectivity index (χ2n) is 6.71. The fourth-order valence-corrected chi connectivity index (χ4v) is 3.51. The summed E-state index contributed by atoms with van der Waals surface area (Å²) in [7, 11) is 2.89. The van der Waals surface area contributed by atoms with Crippen molar-refractivity contribution < 1.29 is 18.7 Å². The lowest BCUT2D eigenvalue weighted by Gasteiger charge is -2.13. The van der Waals surface area contributed by atoms with Gasteiger partial charge in [-0.2, -0.15) is 0 Å². The Morgan fingerprint density at radius 3 is 2.48 bits per heavy atom. The fraction of sp³-hybridized carbons (Fsp3) is 0.125. The minimum absolute atomic E-state index is 0.0654. The van der Waals surface area contributed by atoms with Crippen LogP contribution in [0.15, 0.2) is 72.8 Å².